The quantitative estimate of drug-likeness (QED) is 0.795. The number of hydrogen-bond donors (Lipinski definition) is 1. The minimum absolute atomic E-state index is 0.291. The Balaban J connectivity index is 1.89. The van der Waals surface area contributed by atoms with Crippen molar-refractivity contribution >= 4 is 28.6 Å². The molecule has 1 aliphatic rings. The molecule has 0 aliphatic heterocycles. The van der Waals surface area contributed by atoms with Crippen LogP contribution in [0.15, 0.2) is 35.7 Å². The van der Waals surface area contributed by atoms with Crippen LogP contribution >= 0.6 is 22.9 Å². The van der Waals surface area contributed by atoms with Crippen LogP contribution in [0.5, 0.6) is 0 Å². The fourth-order valence-corrected chi connectivity index (χ4v) is 4.09. The summed E-state index contributed by atoms with van der Waals surface area (Å²) in [6.07, 6.45) is 5.12. The third kappa shape index (κ3) is 3.23. The Hall–Kier alpha value is -1.50. The molecule has 2 nitrogen and oxygen atoms in total. The highest BCUT2D eigenvalue weighted by molar-refractivity contribution is 7.10. The SMILES string of the molecule is N#Cc1ccc(Cl)c(NC(c2cccs2)C2CCCC2)c1. The van der Waals surface area contributed by atoms with Crippen molar-refractivity contribution in [1.82, 2.24) is 0 Å². The maximum Gasteiger partial charge on any atom is 0.0992 e. The van der Waals surface area contributed by atoms with Gasteiger partial charge in [-0.1, -0.05) is 30.5 Å². The first-order valence-electron chi connectivity index (χ1n) is 7.27. The summed E-state index contributed by atoms with van der Waals surface area (Å²) in [5, 5.41) is 15.4. The van der Waals surface area contributed by atoms with Gasteiger partial charge in [0.25, 0.3) is 0 Å². The van der Waals surface area contributed by atoms with Crippen molar-refractivity contribution in [2.24, 2.45) is 5.92 Å². The Morgan fingerprint density at radius 1 is 1.29 bits per heavy atom. The number of hydrogen-bond acceptors (Lipinski definition) is 3. The second-order valence-corrected chi connectivity index (χ2v) is 6.87. The van der Waals surface area contributed by atoms with E-state index in [1.807, 2.05) is 6.07 Å². The summed E-state index contributed by atoms with van der Waals surface area (Å²) in [5.74, 6) is 0.644. The van der Waals surface area contributed by atoms with Gasteiger partial charge in [-0.25, -0.2) is 0 Å². The number of rotatable bonds is 4. The maximum atomic E-state index is 9.06. The van der Waals surface area contributed by atoms with Crippen molar-refractivity contribution in [3.8, 4) is 6.07 Å². The largest absolute Gasteiger partial charge is 0.376 e. The van der Waals surface area contributed by atoms with Crippen LogP contribution in [0.1, 0.15) is 42.2 Å². The molecule has 1 atom stereocenters. The van der Waals surface area contributed by atoms with Crippen molar-refractivity contribution in [3.05, 3.63) is 51.2 Å². The normalized spacial score (nSPS) is 16.6. The molecule has 1 fully saturated rings. The Bertz CT molecular complexity index is 639. The van der Waals surface area contributed by atoms with E-state index in [0.29, 0.717) is 22.5 Å². The zero-order chi connectivity index (χ0) is 14.7. The fraction of sp³-hybridized carbons (Fsp3) is 0.353. The van der Waals surface area contributed by atoms with E-state index in [9.17, 15) is 0 Å². The molecule has 1 aromatic heterocycles. The summed E-state index contributed by atoms with van der Waals surface area (Å²) in [6, 6.07) is 12.1. The van der Waals surface area contributed by atoms with Gasteiger partial charge in [0.15, 0.2) is 0 Å². The molecular weight excluding hydrogens is 300 g/mol. The van der Waals surface area contributed by atoms with Crippen LogP contribution in [0.2, 0.25) is 5.02 Å². The number of benzene rings is 1. The number of thiophene rings is 1. The molecule has 0 bridgehead atoms. The lowest BCUT2D eigenvalue weighted by atomic mass is 9.96. The summed E-state index contributed by atoms with van der Waals surface area (Å²) in [7, 11) is 0. The van der Waals surface area contributed by atoms with Gasteiger partial charge in [0, 0.05) is 4.88 Å². The second kappa shape index (κ2) is 6.51. The molecule has 0 saturated heterocycles. The van der Waals surface area contributed by atoms with Gasteiger partial charge in [0.2, 0.25) is 0 Å². The second-order valence-electron chi connectivity index (χ2n) is 5.49. The molecule has 2 aromatic rings. The summed E-state index contributed by atoms with van der Waals surface area (Å²) >= 11 is 8.08. The lowest BCUT2D eigenvalue weighted by Gasteiger charge is -2.25. The van der Waals surface area contributed by atoms with E-state index in [4.69, 9.17) is 16.9 Å². The van der Waals surface area contributed by atoms with Crippen LogP contribution < -0.4 is 5.32 Å². The molecule has 3 rings (SSSR count). The van der Waals surface area contributed by atoms with E-state index >= 15 is 0 Å². The van der Waals surface area contributed by atoms with E-state index < -0.39 is 0 Å². The van der Waals surface area contributed by atoms with E-state index in [1.54, 1.807) is 23.5 Å². The Morgan fingerprint density at radius 2 is 2.10 bits per heavy atom. The van der Waals surface area contributed by atoms with E-state index in [2.05, 4.69) is 28.9 Å². The van der Waals surface area contributed by atoms with Crippen molar-refractivity contribution < 1.29 is 0 Å². The topological polar surface area (TPSA) is 35.8 Å². The first-order valence-corrected chi connectivity index (χ1v) is 8.53. The molecule has 0 radical (unpaired) electrons. The number of halogens is 1. The minimum Gasteiger partial charge on any atom is -0.376 e. The lowest BCUT2D eigenvalue weighted by Crippen LogP contribution is -2.18. The number of nitriles is 1. The lowest BCUT2D eigenvalue weighted by molar-refractivity contribution is 0.475. The van der Waals surface area contributed by atoms with Crippen molar-refractivity contribution in [2.45, 2.75) is 31.7 Å². The molecule has 108 valence electrons. The summed E-state index contributed by atoms with van der Waals surface area (Å²) in [4.78, 5) is 1.35. The summed E-state index contributed by atoms with van der Waals surface area (Å²) in [5.41, 5.74) is 1.50. The summed E-state index contributed by atoms with van der Waals surface area (Å²) in [6.45, 7) is 0. The van der Waals surface area contributed by atoms with Gasteiger partial charge in [0.1, 0.15) is 0 Å². The molecule has 1 unspecified atom stereocenters. The zero-order valence-corrected chi connectivity index (χ0v) is 13.3. The monoisotopic (exact) mass is 316 g/mol. The maximum absolute atomic E-state index is 9.06. The van der Waals surface area contributed by atoms with E-state index in [0.717, 1.165) is 5.69 Å². The smallest absolute Gasteiger partial charge is 0.0992 e. The summed E-state index contributed by atoms with van der Waals surface area (Å²) < 4.78 is 0. The molecule has 21 heavy (non-hydrogen) atoms. The fourth-order valence-electron chi connectivity index (χ4n) is 3.05. The van der Waals surface area contributed by atoms with Crippen LogP contribution in [0.25, 0.3) is 0 Å². The van der Waals surface area contributed by atoms with Gasteiger partial charge in [-0.15, -0.1) is 11.3 Å². The Labute approximate surface area is 134 Å². The Kier molecular flexibility index (Phi) is 4.48. The van der Waals surface area contributed by atoms with Crippen molar-refractivity contribution in [2.75, 3.05) is 5.32 Å². The molecule has 0 amide bonds. The number of nitrogens with zero attached hydrogens (tertiary/aromatic N) is 1. The van der Waals surface area contributed by atoms with Crippen molar-refractivity contribution in [1.29, 1.82) is 5.26 Å². The van der Waals surface area contributed by atoms with Gasteiger partial charge < -0.3 is 5.32 Å². The van der Waals surface area contributed by atoms with Crippen molar-refractivity contribution in [3.63, 3.8) is 0 Å². The Morgan fingerprint density at radius 3 is 2.76 bits per heavy atom. The average molecular weight is 317 g/mol. The molecule has 1 aromatic carbocycles. The van der Waals surface area contributed by atoms with Gasteiger partial charge in [-0.3, -0.25) is 0 Å². The van der Waals surface area contributed by atoms with Crippen LogP contribution in [0, 0.1) is 17.2 Å². The van der Waals surface area contributed by atoms with Gasteiger partial charge in [0.05, 0.1) is 28.4 Å². The average Bonchev–Trinajstić information content (AvgIpc) is 3.20. The highest BCUT2D eigenvalue weighted by atomic mass is 35.5. The van der Waals surface area contributed by atoms with Crippen LogP contribution in [-0.2, 0) is 0 Å². The van der Waals surface area contributed by atoms with E-state index in [1.165, 1.54) is 30.6 Å². The van der Waals surface area contributed by atoms with Gasteiger partial charge >= 0.3 is 0 Å². The predicted molar refractivity (Wildman–Crippen MR) is 88.8 cm³/mol. The molecule has 1 N–H and O–H groups in total. The first kappa shape index (κ1) is 14.4. The van der Waals surface area contributed by atoms with E-state index in [-0.39, 0.29) is 0 Å². The molecule has 1 saturated carbocycles. The molecule has 1 heterocycles. The predicted octanol–water partition coefficient (Wildman–Crippen LogP) is 5.62. The molecule has 0 spiro atoms. The molecule has 1 aliphatic carbocycles. The van der Waals surface area contributed by atoms with Crippen LogP contribution in [-0.4, -0.2) is 0 Å². The van der Waals surface area contributed by atoms with Gasteiger partial charge in [-0.05, 0) is 48.4 Å². The highest BCUT2D eigenvalue weighted by Gasteiger charge is 2.27. The number of anilines is 1. The number of nitrogens with one attached hydrogen (secondary N) is 1. The third-order valence-corrected chi connectivity index (χ3v) is 5.41. The zero-order valence-electron chi connectivity index (χ0n) is 11.7. The first-order chi connectivity index (χ1) is 10.3. The standard InChI is InChI=1S/C17H17ClN2S/c18-14-8-7-12(11-19)10-15(14)20-17(13-4-1-2-5-13)16-6-3-9-21-16/h3,6-10,13,17,20H,1-2,4-5H2. The molecular formula is C17H17ClN2S. The van der Waals surface area contributed by atoms with Crippen LogP contribution in [0.4, 0.5) is 5.69 Å². The molecule has 4 heteroatoms. The highest BCUT2D eigenvalue weighted by Crippen LogP contribution is 2.40. The van der Waals surface area contributed by atoms with Gasteiger partial charge in [-0.2, -0.15) is 5.26 Å². The minimum atomic E-state index is 0.291. The van der Waals surface area contributed by atoms with Crippen LogP contribution in [0.3, 0.4) is 0 Å². The third-order valence-electron chi connectivity index (χ3n) is 4.13.